The van der Waals surface area contributed by atoms with Crippen LogP contribution in [0.25, 0.3) is 0 Å². The molecule has 4 N–H and O–H groups in total. The second kappa shape index (κ2) is 17.7. The molecule has 0 aromatic heterocycles. The van der Waals surface area contributed by atoms with Gasteiger partial charge in [-0.2, -0.15) is 0 Å². The number of carbonyl (C=O) groups is 2. The molecule has 3 fully saturated rings. The van der Waals surface area contributed by atoms with Crippen molar-refractivity contribution in [3.05, 3.63) is 0 Å². The van der Waals surface area contributed by atoms with Gasteiger partial charge in [-0.15, -0.1) is 0 Å². The number of carbonyl (C=O) groups excluding carboxylic acids is 2. The summed E-state index contributed by atoms with van der Waals surface area (Å²) in [6, 6.07) is -0.283. The van der Waals surface area contributed by atoms with Crippen LogP contribution in [0.1, 0.15) is 94.9 Å². The van der Waals surface area contributed by atoms with Gasteiger partial charge in [-0.1, -0.05) is 27.7 Å². The first kappa shape index (κ1) is 45.1. The minimum Gasteiger partial charge on any atom is -0.459 e. The summed E-state index contributed by atoms with van der Waals surface area (Å²) < 4.78 is 43.9. The average Bonchev–Trinajstić information content (AvgIpc) is 3.09. The quantitative estimate of drug-likeness (QED) is 0.266. The summed E-state index contributed by atoms with van der Waals surface area (Å²) in [6.45, 7) is 17.1. The molecule has 304 valence electrons. The number of ether oxygens (including phenoxy) is 7. The molecule has 3 aliphatic rings. The summed E-state index contributed by atoms with van der Waals surface area (Å²) >= 11 is 0. The van der Waals surface area contributed by atoms with Gasteiger partial charge in [-0.05, 0) is 74.9 Å². The zero-order chi connectivity index (χ0) is 39.7. The summed E-state index contributed by atoms with van der Waals surface area (Å²) in [5.41, 5.74) is -4.24. The summed E-state index contributed by atoms with van der Waals surface area (Å²) in [6.07, 6.45) is -8.73. The Balaban J connectivity index is 2.22. The van der Waals surface area contributed by atoms with E-state index in [1.807, 2.05) is 32.8 Å². The maximum atomic E-state index is 14.2. The SMILES string of the molecule is CCC1OC(=O)C(C)C(O[C@H]2C[C@@](C)(OC)C(O)C(C)O2)C(C)[C@@H](OC2OC(C)CC(N(C)C)[C@H]2O)[C@](C)(OC)C[C@@H](C)C(=O)[C@H](C)[C@@H](O)[C@]1(C)O. The van der Waals surface area contributed by atoms with Crippen molar-refractivity contribution < 1.29 is 63.2 Å². The van der Waals surface area contributed by atoms with Gasteiger partial charge in [0.2, 0.25) is 0 Å². The van der Waals surface area contributed by atoms with E-state index in [1.165, 1.54) is 21.1 Å². The van der Waals surface area contributed by atoms with Crippen LogP contribution in [0.4, 0.5) is 0 Å². The lowest BCUT2D eigenvalue weighted by molar-refractivity contribution is -0.319. The number of ketones is 1. The Hall–Kier alpha value is -1.30. The molecule has 0 aliphatic carbocycles. The van der Waals surface area contributed by atoms with E-state index in [1.54, 1.807) is 48.5 Å². The van der Waals surface area contributed by atoms with Gasteiger partial charge in [-0.25, -0.2) is 0 Å². The van der Waals surface area contributed by atoms with E-state index in [-0.39, 0.29) is 37.2 Å². The van der Waals surface area contributed by atoms with E-state index in [4.69, 9.17) is 33.2 Å². The number of cyclic esters (lactones) is 1. The molecule has 0 bridgehead atoms. The highest BCUT2D eigenvalue weighted by molar-refractivity contribution is 5.83. The second-order valence-electron chi connectivity index (χ2n) is 16.6. The summed E-state index contributed by atoms with van der Waals surface area (Å²) in [5, 5.41) is 45.6. The molecule has 0 spiro atoms. The minimum absolute atomic E-state index is 0.111. The molecule has 52 heavy (non-hydrogen) atoms. The molecule has 18 atom stereocenters. The predicted octanol–water partition coefficient (Wildman–Crippen LogP) is 2.44. The topological polar surface area (TPSA) is 183 Å². The Bertz CT molecular complexity index is 1190. The van der Waals surface area contributed by atoms with Crippen molar-refractivity contribution in [2.75, 3.05) is 28.3 Å². The van der Waals surface area contributed by atoms with E-state index in [0.717, 1.165) is 0 Å². The van der Waals surface area contributed by atoms with E-state index in [0.29, 0.717) is 6.42 Å². The molecule has 14 heteroatoms. The van der Waals surface area contributed by atoms with Gasteiger partial charge in [-0.3, -0.25) is 9.59 Å². The second-order valence-corrected chi connectivity index (χ2v) is 16.6. The summed E-state index contributed by atoms with van der Waals surface area (Å²) in [5.74, 6) is -4.47. The van der Waals surface area contributed by atoms with Crippen LogP contribution in [0.3, 0.4) is 0 Å². The van der Waals surface area contributed by atoms with Crippen molar-refractivity contribution in [3.63, 3.8) is 0 Å². The predicted molar refractivity (Wildman–Crippen MR) is 191 cm³/mol. The standard InChI is InChI=1S/C38H69NO13/c1-15-26-38(10,45)31(42)21(4)28(40)19(2)17-37(9,47-14)33(52-35-29(41)25(39(11)12)16-20(3)48-35)22(5)30(23(6)34(44)50-26)51-27-18-36(8,46-13)32(43)24(7)49-27/h19-27,29-33,35,41-43,45H,15-18H2,1-14H3/t19-,20?,21+,22?,23?,24?,25?,26?,27+,29-,30?,31-,32?,33-,35?,36-,37-,38-/m1/s1. The van der Waals surface area contributed by atoms with Crippen molar-refractivity contribution in [1.82, 2.24) is 4.90 Å². The number of nitrogens with zero attached hydrogens (tertiary/aromatic N) is 1. The average molecular weight is 748 g/mol. The van der Waals surface area contributed by atoms with Gasteiger partial charge in [0.05, 0.1) is 47.6 Å². The Morgan fingerprint density at radius 2 is 1.44 bits per heavy atom. The Morgan fingerprint density at radius 3 is 1.98 bits per heavy atom. The molecule has 14 nitrogen and oxygen atoms in total. The Kier molecular flexibility index (Phi) is 15.3. The van der Waals surface area contributed by atoms with Gasteiger partial charge in [0.25, 0.3) is 0 Å². The molecule has 3 saturated heterocycles. The highest BCUT2D eigenvalue weighted by Crippen LogP contribution is 2.41. The highest BCUT2D eigenvalue weighted by atomic mass is 16.7. The molecule has 0 radical (unpaired) electrons. The van der Waals surface area contributed by atoms with Gasteiger partial charge in [0.1, 0.15) is 29.7 Å². The van der Waals surface area contributed by atoms with Crippen molar-refractivity contribution >= 4 is 11.8 Å². The van der Waals surface area contributed by atoms with Crippen LogP contribution in [0.5, 0.6) is 0 Å². The maximum Gasteiger partial charge on any atom is 0.311 e. The molecule has 3 aliphatic heterocycles. The molecular formula is C38H69NO13. The molecule has 0 saturated carbocycles. The smallest absolute Gasteiger partial charge is 0.311 e. The van der Waals surface area contributed by atoms with E-state index in [2.05, 4.69) is 0 Å². The van der Waals surface area contributed by atoms with E-state index < -0.39 is 102 Å². The summed E-state index contributed by atoms with van der Waals surface area (Å²) in [7, 11) is 6.77. The third-order valence-electron chi connectivity index (χ3n) is 12.3. The molecule has 0 aromatic carbocycles. The van der Waals surface area contributed by atoms with Crippen molar-refractivity contribution in [3.8, 4) is 0 Å². The molecule has 3 heterocycles. The van der Waals surface area contributed by atoms with E-state index in [9.17, 15) is 30.0 Å². The Labute approximate surface area is 310 Å². The fraction of sp³-hybridized carbons (Fsp3) is 0.947. The van der Waals surface area contributed by atoms with Crippen LogP contribution in [0.2, 0.25) is 0 Å². The molecule has 0 amide bonds. The number of aliphatic hydroxyl groups excluding tert-OH is 3. The fourth-order valence-electron chi connectivity index (χ4n) is 8.58. The molecular weight excluding hydrogens is 678 g/mol. The third-order valence-corrected chi connectivity index (χ3v) is 12.3. The molecule has 9 unspecified atom stereocenters. The Morgan fingerprint density at radius 1 is 0.846 bits per heavy atom. The van der Waals surface area contributed by atoms with E-state index >= 15 is 0 Å². The lowest BCUT2D eigenvalue weighted by atomic mass is 9.74. The number of methoxy groups -OCH3 is 2. The van der Waals surface area contributed by atoms with Crippen LogP contribution in [0.15, 0.2) is 0 Å². The lowest BCUT2D eigenvalue weighted by Crippen LogP contribution is -2.61. The van der Waals surface area contributed by atoms with Crippen molar-refractivity contribution in [2.24, 2.45) is 23.7 Å². The van der Waals surface area contributed by atoms with Gasteiger partial charge < -0.3 is 58.5 Å². The van der Waals surface area contributed by atoms with Crippen LogP contribution in [-0.4, -0.2) is 150 Å². The van der Waals surface area contributed by atoms with Gasteiger partial charge in [0, 0.05) is 44.4 Å². The number of aliphatic hydroxyl groups is 4. The first-order valence-corrected chi connectivity index (χ1v) is 18.9. The largest absolute Gasteiger partial charge is 0.459 e. The minimum atomic E-state index is -1.96. The number of hydrogen-bond acceptors (Lipinski definition) is 14. The normalized spacial score (nSPS) is 49.0. The van der Waals surface area contributed by atoms with Crippen molar-refractivity contribution in [2.45, 2.75) is 179 Å². The first-order chi connectivity index (χ1) is 24.0. The number of likely N-dealkylation sites (N-methyl/N-ethyl adjacent to an activating group) is 1. The first-order valence-electron chi connectivity index (χ1n) is 18.9. The third kappa shape index (κ3) is 9.38. The van der Waals surface area contributed by atoms with Gasteiger partial charge >= 0.3 is 5.97 Å². The zero-order valence-electron chi connectivity index (χ0n) is 33.9. The monoisotopic (exact) mass is 747 g/mol. The summed E-state index contributed by atoms with van der Waals surface area (Å²) in [4.78, 5) is 30.1. The number of esters is 1. The lowest BCUT2D eigenvalue weighted by Gasteiger charge is -2.50. The number of Topliss-reactive ketones (excluding diaryl/α,β-unsaturated/α-hetero) is 1. The maximum absolute atomic E-state index is 14.2. The van der Waals surface area contributed by atoms with Crippen LogP contribution >= 0.6 is 0 Å². The number of hydrogen-bond donors (Lipinski definition) is 4. The van der Waals surface area contributed by atoms with Crippen LogP contribution < -0.4 is 0 Å². The highest BCUT2D eigenvalue weighted by Gasteiger charge is 2.54. The fourth-order valence-corrected chi connectivity index (χ4v) is 8.58. The van der Waals surface area contributed by atoms with Crippen LogP contribution in [-0.2, 0) is 42.7 Å². The molecule has 0 aromatic rings. The number of rotatable bonds is 8. The molecule has 3 rings (SSSR count). The zero-order valence-corrected chi connectivity index (χ0v) is 33.9. The van der Waals surface area contributed by atoms with Gasteiger partial charge in [0.15, 0.2) is 12.6 Å². The van der Waals surface area contributed by atoms with Crippen molar-refractivity contribution in [1.29, 1.82) is 0 Å². The van der Waals surface area contributed by atoms with Crippen LogP contribution in [0, 0.1) is 23.7 Å².